The van der Waals surface area contributed by atoms with Crippen molar-refractivity contribution in [2.24, 2.45) is 0 Å². The van der Waals surface area contributed by atoms with Crippen molar-refractivity contribution >= 4 is 44.5 Å². The number of rotatable bonds is 4. The second kappa shape index (κ2) is 7.94. The average Bonchev–Trinajstić information content (AvgIpc) is 2.97. The minimum absolute atomic E-state index is 0.125. The lowest BCUT2D eigenvalue weighted by Crippen LogP contribution is -2.43. The van der Waals surface area contributed by atoms with Crippen LogP contribution in [0.15, 0.2) is 48.5 Å². The first-order valence-electron chi connectivity index (χ1n) is 8.43. The molecule has 2 aromatic carbocycles. The molecule has 26 heavy (non-hydrogen) atoms. The number of sulfone groups is 1. The van der Waals surface area contributed by atoms with Crippen molar-refractivity contribution in [2.45, 2.75) is 25.9 Å². The molecule has 1 fully saturated rings. The Labute approximate surface area is 165 Å². The standard InChI is InChI=1S/C19H21ClN2O2S2/c1-14-17(20)8-5-9-18(14)21-19(25)22(12-15-6-3-2-4-7-15)16-10-11-26(23,24)13-16/h2-9,16H,10-13H2,1H3,(H,21,25)/t16-/m1/s1. The molecule has 1 atom stereocenters. The second-order valence-electron chi connectivity index (χ2n) is 6.51. The maximum Gasteiger partial charge on any atom is 0.174 e. The van der Waals surface area contributed by atoms with E-state index in [2.05, 4.69) is 5.32 Å². The van der Waals surface area contributed by atoms with Crippen LogP contribution in [0.5, 0.6) is 0 Å². The molecular formula is C19H21ClN2O2S2. The summed E-state index contributed by atoms with van der Waals surface area (Å²) in [5, 5.41) is 4.43. The van der Waals surface area contributed by atoms with Gasteiger partial charge in [0, 0.05) is 23.3 Å². The third-order valence-corrected chi connectivity index (χ3v) is 7.11. The van der Waals surface area contributed by atoms with Crippen LogP contribution in [0.25, 0.3) is 0 Å². The fourth-order valence-corrected chi connectivity index (χ4v) is 5.33. The molecule has 3 rings (SSSR count). The average molecular weight is 409 g/mol. The highest BCUT2D eigenvalue weighted by molar-refractivity contribution is 7.91. The van der Waals surface area contributed by atoms with E-state index in [1.165, 1.54) is 0 Å². The van der Waals surface area contributed by atoms with E-state index in [1.54, 1.807) is 0 Å². The van der Waals surface area contributed by atoms with Crippen LogP contribution in [-0.4, -0.2) is 36.0 Å². The summed E-state index contributed by atoms with van der Waals surface area (Å²) < 4.78 is 23.9. The molecule has 0 unspecified atom stereocenters. The molecule has 0 spiro atoms. The third kappa shape index (κ3) is 4.55. The van der Waals surface area contributed by atoms with E-state index in [4.69, 9.17) is 23.8 Å². The topological polar surface area (TPSA) is 49.4 Å². The van der Waals surface area contributed by atoms with Crippen LogP contribution in [0, 0.1) is 6.92 Å². The Morgan fingerprint density at radius 2 is 1.96 bits per heavy atom. The number of hydrogen-bond acceptors (Lipinski definition) is 3. The summed E-state index contributed by atoms with van der Waals surface area (Å²) in [6.07, 6.45) is 0.589. The molecule has 1 saturated heterocycles. The number of nitrogens with zero attached hydrogens (tertiary/aromatic N) is 1. The molecule has 0 aromatic heterocycles. The van der Waals surface area contributed by atoms with Gasteiger partial charge in [0.15, 0.2) is 14.9 Å². The van der Waals surface area contributed by atoms with E-state index in [1.807, 2.05) is 60.4 Å². The zero-order chi connectivity index (χ0) is 18.7. The second-order valence-corrected chi connectivity index (χ2v) is 9.54. The molecule has 138 valence electrons. The Bertz CT molecular complexity index is 901. The van der Waals surface area contributed by atoms with Crippen LogP contribution < -0.4 is 5.32 Å². The molecule has 7 heteroatoms. The van der Waals surface area contributed by atoms with E-state index in [9.17, 15) is 8.42 Å². The zero-order valence-corrected chi connectivity index (χ0v) is 16.9. The first-order chi connectivity index (χ1) is 12.4. The highest BCUT2D eigenvalue weighted by atomic mass is 35.5. The van der Waals surface area contributed by atoms with Crippen LogP contribution in [0.3, 0.4) is 0 Å². The van der Waals surface area contributed by atoms with Gasteiger partial charge < -0.3 is 10.2 Å². The van der Waals surface area contributed by atoms with Crippen LogP contribution in [-0.2, 0) is 16.4 Å². The molecular weight excluding hydrogens is 388 g/mol. The number of nitrogens with one attached hydrogen (secondary N) is 1. The van der Waals surface area contributed by atoms with Gasteiger partial charge in [0.2, 0.25) is 0 Å². The summed E-state index contributed by atoms with van der Waals surface area (Å²) in [6, 6.07) is 15.4. The van der Waals surface area contributed by atoms with Crippen molar-refractivity contribution in [3.05, 3.63) is 64.7 Å². The van der Waals surface area contributed by atoms with Gasteiger partial charge in [0.05, 0.1) is 11.5 Å². The van der Waals surface area contributed by atoms with Gasteiger partial charge >= 0.3 is 0 Å². The lowest BCUT2D eigenvalue weighted by molar-refractivity contribution is 0.332. The van der Waals surface area contributed by atoms with Gasteiger partial charge in [-0.15, -0.1) is 0 Å². The Morgan fingerprint density at radius 3 is 2.62 bits per heavy atom. The molecule has 4 nitrogen and oxygen atoms in total. The van der Waals surface area contributed by atoms with Crippen molar-refractivity contribution in [1.29, 1.82) is 0 Å². The lowest BCUT2D eigenvalue weighted by atomic mass is 10.1. The van der Waals surface area contributed by atoms with Crippen molar-refractivity contribution in [2.75, 3.05) is 16.8 Å². The van der Waals surface area contributed by atoms with Gasteiger partial charge in [0.1, 0.15) is 0 Å². The van der Waals surface area contributed by atoms with Crippen molar-refractivity contribution < 1.29 is 8.42 Å². The van der Waals surface area contributed by atoms with E-state index in [-0.39, 0.29) is 17.5 Å². The smallest absolute Gasteiger partial charge is 0.174 e. The Hall–Kier alpha value is -1.63. The lowest BCUT2D eigenvalue weighted by Gasteiger charge is -2.31. The predicted molar refractivity (Wildman–Crippen MR) is 111 cm³/mol. The van der Waals surface area contributed by atoms with Crippen molar-refractivity contribution in [3.8, 4) is 0 Å². The van der Waals surface area contributed by atoms with Gasteiger partial charge in [-0.05, 0) is 48.8 Å². The number of hydrogen-bond donors (Lipinski definition) is 1. The minimum Gasteiger partial charge on any atom is -0.341 e. The summed E-state index contributed by atoms with van der Waals surface area (Å²) >= 11 is 11.8. The molecule has 0 saturated carbocycles. The SMILES string of the molecule is Cc1c(Cl)cccc1NC(=S)N(Cc1ccccc1)[C@@H]1CCS(=O)(=O)C1. The zero-order valence-electron chi connectivity index (χ0n) is 14.5. The summed E-state index contributed by atoms with van der Waals surface area (Å²) in [5.41, 5.74) is 2.83. The maximum atomic E-state index is 12.0. The van der Waals surface area contributed by atoms with Gasteiger partial charge in [0.25, 0.3) is 0 Å². The third-order valence-electron chi connectivity index (χ3n) is 4.62. The highest BCUT2D eigenvalue weighted by Crippen LogP contribution is 2.25. The Morgan fingerprint density at radius 1 is 1.23 bits per heavy atom. The molecule has 0 radical (unpaired) electrons. The van der Waals surface area contributed by atoms with E-state index in [0.717, 1.165) is 16.8 Å². The minimum atomic E-state index is -3.00. The van der Waals surface area contributed by atoms with Crippen LogP contribution in [0.4, 0.5) is 5.69 Å². The molecule has 1 heterocycles. The van der Waals surface area contributed by atoms with Gasteiger partial charge in [-0.3, -0.25) is 0 Å². The summed E-state index contributed by atoms with van der Waals surface area (Å²) in [4.78, 5) is 1.98. The first kappa shape index (κ1) is 19.1. The maximum absolute atomic E-state index is 12.0. The predicted octanol–water partition coefficient (Wildman–Crippen LogP) is 4.03. The van der Waals surface area contributed by atoms with Gasteiger partial charge in [-0.2, -0.15) is 0 Å². The van der Waals surface area contributed by atoms with E-state index in [0.29, 0.717) is 23.1 Å². The van der Waals surface area contributed by atoms with Crippen LogP contribution >= 0.6 is 23.8 Å². The molecule has 1 aliphatic rings. The van der Waals surface area contributed by atoms with Crippen LogP contribution in [0.1, 0.15) is 17.5 Å². The molecule has 2 aromatic rings. The Balaban J connectivity index is 1.84. The van der Waals surface area contributed by atoms with Crippen LogP contribution in [0.2, 0.25) is 5.02 Å². The fraction of sp³-hybridized carbons (Fsp3) is 0.316. The molecule has 1 aliphatic heterocycles. The molecule has 0 bridgehead atoms. The molecule has 0 amide bonds. The van der Waals surface area contributed by atoms with Crippen molar-refractivity contribution in [3.63, 3.8) is 0 Å². The highest BCUT2D eigenvalue weighted by Gasteiger charge is 2.33. The number of halogens is 1. The first-order valence-corrected chi connectivity index (χ1v) is 11.0. The Kier molecular flexibility index (Phi) is 5.85. The largest absolute Gasteiger partial charge is 0.341 e. The fourth-order valence-electron chi connectivity index (χ4n) is 3.10. The summed E-state index contributed by atoms with van der Waals surface area (Å²) in [6.45, 7) is 2.49. The van der Waals surface area contributed by atoms with E-state index >= 15 is 0 Å². The molecule has 0 aliphatic carbocycles. The quantitative estimate of drug-likeness (QED) is 0.774. The van der Waals surface area contributed by atoms with E-state index < -0.39 is 9.84 Å². The monoisotopic (exact) mass is 408 g/mol. The van der Waals surface area contributed by atoms with Gasteiger partial charge in [-0.25, -0.2) is 8.42 Å². The van der Waals surface area contributed by atoms with Gasteiger partial charge in [-0.1, -0.05) is 48.0 Å². The number of anilines is 1. The molecule has 1 N–H and O–H groups in total. The van der Waals surface area contributed by atoms with Crippen molar-refractivity contribution in [1.82, 2.24) is 4.90 Å². The summed E-state index contributed by atoms with van der Waals surface area (Å²) in [5.74, 6) is 0.345. The number of thiocarbonyl (C=S) groups is 1. The summed E-state index contributed by atoms with van der Waals surface area (Å²) in [7, 11) is -3.00. The normalized spacial score (nSPS) is 18.5. The number of benzene rings is 2.